The molecule has 2 heterocycles. The molecular formula is C13H18N4O3S. The fourth-order valence-corrected chi connectivity index (χ4v) is 3.47. The van der Waals surface area contributed by atoms with Gasteiger partial charge in [0.2, 0.25) is 0 Å². The Bertz CT molecular complexity index is 562. The van der Waals surface area contributed by atoms with Crippen molar-refractivity contribution in [2.75, 3.05) is 24.1 Å². The van der Waals surface area contributed by atoms with E-state index in [4.69, 9.17) is 10.8 Å². The third kappa shape index (κ3) is 3.10. The highest BCUT2D eigenvalue weighted by Crippen LogP contribution is 2.37. The molecule has 1 aliphatic carbocycles. The number of nitrogens with two attached hydrogens (primary N) is 1. The molecule has 114 valence electrons. The lowest BCUT2D eigenvalue weighted by molar-refractivity contribution is 0.0972. The van der Waals surface area contributed by atoms with E-state index in [0.29, 0.717) is 28.9 Å². The van der Waals surface area contributed by atoms with Gasteiger partial charge in [0.05, 0.1) is 0 Å². The number of likely N-dealkylation sites (tertiary alicyclic amines) is 1. The SMILES string of the molecule is Nc1nc(NC2CCN(C(=O)O)CC2)sc1C(=O)C1CC1. The highest BCUT2D eigenvalue weighted by Gasteiger charge is 2.33. The van der Waals surface area contributed by atoms with Crippen LogP contribution in [-0.4, -0.2) is 46.0 Å². The van der Waals surface area contributed by atoms with Crippen molar-refractivity contribution >= 4 is 34.2 Å². The number of hydrogen-bond donors (Lipinski definition) is 3. The lowest BCUT2D eigenvalue weighted by Crippen LogP contribution is -2.41. The zero-order valence-electron chi connectivity index (χ0n) is 11.5. The van der Waals surface area contributed by atoms with Gasteiger partial charge in [-0.25, -0.2) is 9.78 Å². The number of carbonyl (C=O) groups excluding carboxylic acids is 1. The Morgan fingerprint density at radius 3 is 2.52 bits per heavy atom. The molecule has 7 nitrogen and oxygen atoms in total. The minimum Gasteiger partial charge on any atom is -0.465 e. The zero-order chi connectivity index (χ0) is 15.0. The normalized spacial score (nSPS) is 19.5. The molecule has 2 aliphatic rings. The Balaban J connectivity index is 1.60. The number of hydrogen-bond acceptors (Lipinski definition) is 6. The molecule has 2 fully saturated rings. The molecule has 8 heteroatoms. The van der Waals surface area contributed by atoms with Gasteiger partial charge in [0, 0.05) is 25.0 Å². The van der Waals surface area contributed by atoms with Gasteiger partial charge in [-0.15, -0.1) is 0 Å². The number of rotatable bonds is 4. The second kappa shape index (κ2) is 5.51. The lowest BCUT2D eigenvalue weighted by Gasteiger charge is -2.30. The van der Waals surface area contributed by atoms with Crippen molar-refractivity contribution in [1.82, 2.24) is 9.88 Å². The van der Waals surface area contributed by atoms with Gasteiger partial charge < -0.3 is 21.1 Å². The average Bonchev–Trinajstić information content (AvgIpc) is 3.23. The van der Waals surface area contributed by atoms with Crippen LogP contribution in [-0.2, 0) is 0 Å². The fourth-order valence-electron chi connectivity index (χ4n) is 2.49. The van der Waals surface area contributed by atoms with Crippen molar-refractivity contribution in [2.45, 2.75) is 31.7 Å². The summed E-state index contributed by atoms with van der Waals surface area (Å²) in [4.78, 5) is 29.1. The molecule has 0 atom stereocenters. The molecule has 0 bridgehead atoms. The molecule has 1 aliphatic heterocycles. The molecule has 4 N–H and O–H groups in total. The van der Waals surface area contributed by atoms with E-state index in [1.54, 1.807) is 0 Å². The van der Waals surface area contributed by atoms with Gasteiger partial charge in [-0.2, -0.15) is 0 Å². The summed E-state index contributed by atoms with van der Waals surface area (Å²) in [7, 11) is 0. The number of thiazole rings is 1. The van der Waals surface area contributed by atoms with Gasteiger partial charge >= 0.3 is 6.09 Å². The number of nitrogen functional groups attached to an aromatic ring is 1. The highest BCUT2D eigenvalue weighted by atomic mass is 32.1. The van der Waals surface area contributed by atoms with E-state index < -0.39 is 6.09 Å². The van der Waals surface area contributed by atoms with Crippen molar-refractivity contribution in [3.8, 4) is 0 Å². The minimum absolute atomic E-state index is 0.110. The first kappa shape index (κ1) is 14.1. The maximum atomic E-state index is 12.0. The van der Waals surface area contributed by atoms with E-state index in [0.717, 1.165) is 25.7 Å². The summed E-state index contributed by atoms with van der Waals surface area (Å²) in [6, 6.07) is 0.176. The number of anilines is 2. The molecule has 1 saturated carbocycles. The summed E-state index contributed by atoms with van der Waals surface area (Å²) in [5.74, 6) is 0.556. The molecule has 1 amide bonds. The molecule has 0 aromatic carbocycles. The van der Waals surface area contributed by atoms with Crippen LogP contribution in [0.25, 0.3) is 0 Å². The number of aromatic nitrogens is 1. The van der Waals surface area contributed by atoms with Crippen molar-refractivity contribution < 1.29 is 14.7 Å². The quantitative estimate of drug-likeness (QED) is 0.733. The van der Waals surface area contributed by atoms with Crippen molar-refractivity contribution in [3.63, 3.8) is 0 Å². The van der Waals surface area contributed by atoms with Crippen LogP contribution in [0.4, 0.5) is 15.7 Å². The van der Waals surface area contributed by atoms with Crippen LogP contribution in [0.3, 0.4) is 0 Å². The molecule has 21 heavy (non-hydrogen) atoms. The van der Waals surface area contributed by atoms with Gasteiger partial charge in [-0.1, -0.05) is 11.3 Å². The van der Waals surface area contributed by atoms with Crippen molar-refractivity contribution in [1.29, 1.82) is 0 Å². The summed E-state index contributed by atoms with van der Waals surface area (Å²) >= 11 is 1.31. The Morgan fingerprint density at radius 2 is 1.95 bits per heavy atom. The summed E-state index contributed by atoms with van der Waals surface area (Å²) in [6.07, 6.45) is 2.50. The Morgan fingerprint density at radius 1 is 1.29 bits per heavy atom. The van der Waals surface area contributed by atoms with Crippen LogP contribution < -0.4 is 11.1 Å². The van der Waals surface area contributed by atoms with E-state index in [1.807, 2.05) is 0 Å². The number of nitrogens with zero attached hydrogens (tertiary/aromatic N) is 2. The maximum Gasteiger partial charge on any atom is 0.407 e. The molecule has 3 rings (SSSR count). The number of nitrogens with one attached hydrogen (secondary N) is 1. The molecule has 0 radical (unpaired) electrons. The van der Waals surface area contributed by atoms with Gasteiger partial charge in [-0.05, 0) is 25.7 Å². The third-order valence-corrected chi connectivity index (χ3v) is 4.94. The Labute approximate surface area is 126 Å². The van der Waals surface area contributed by atoms with E-state index in [2.05, 4.69) is 10.3 Å². The van der Waals surface area contributed by atoms with Crippen LogP contribution in [0.2, 0.25) is 0 Å². The fraction of sp³-hybridized carbons (Fsp3) is 0.615. The number of Topliss-reactive ketones (excluding diaryl/α,β-unsaturated/α-hetero) is 1. The van der Waals surface area contributed by atoms with Gasteiger partial charge in [-0.3, -0.25) is 4.79 Å². The summed E-state index contributed by atoms with van der Waals surface area (Å²) in [5.41, 5.74) is 5.83. The van der Waals surface area contributed by atoms with Crippen LogP contribution in [0.1, 0.15) is 35.4 Å². The predicted molar refractivity (Wildman–Crippen MR) is 79.8 cm³/mol. The zero-order valence-corrected chi connectivity index (χ0v) is 12.4. The monoisotopic (exact) mass is 310 g/mol. The highest BCUT2D eigenvalue weighted by molar-refractivity contribution is 7.18. The first-order valence-corrected chi connectivity index (χ1v) is 7.91. The molecular weight excluding hydrogens is 292 g/mol. The largest absolute Gasteiger partial charge is 0.465 e. The van der Waals surface area contributed by atoms with Gasteiger partial charge in [0.1, 0.15) is 10.7 Å². The first-order chi connectivity index (χ1) is 10.0. The maximum absolute atomic E-state index is 12.0. The summed E-state index contributed by atoms with van der Waals surface area (Å²) in [6.45, 7) is 1.03. The summed E-state index contributed by atoms with van der Waals surface area (Å²) < 4.78 is 0. The molecule has 0 spiro atoms. The second-order valence-corrected chi connectivity index (χ2v) is 6.56. The van der Waals surface area contributed by atoms with E-state index in [-0.39, 0.29) is 17.7 Å². The molecule has 1 saturated heterocycles. The Hall–Kier alpha value is -1.83. The van der Waals surface area contributed by atoms with E-state index >= 15 is 0 Å². The molecule has 1 aromatic heterocycles. The van der Waals surface area contributed by atoms with Crippen molar-refractivity contribution in [2.24, 2.45) is 5.92 Å². The molecule has 1 aromatic rings. The standard InChI is InChI=1S/C13H18N4O3S/c14-11-10(9(18)7-1-2-7)21-12(16-11)15-8-3-5-17(6-4-8)13(19)20/h7-8H,1-6,14H2,(H,15,16)(H,19,20). The van der Waals surface area contributed by atoms with Crippen LogP contribution in [0.15, 0.2) is 0 Å². The van der Waals surface area contributed by atoms with Crippen LogP contribution >= 0.6 is 11.3 Å². The molecule has 0 unspecified atom stereocenters. The van der Waals surface area contributed by atoms with Gasteiger partial charge in [0.15, 0.2) is 10.9 Å². The van der Waals surface area contributed by atoms with Crippen LogP contribution in [0.5, 0.6) is 0 Å². The Kier molecular flexibility index (Phi) is 3.71. The smallest absolute Gasteiger partial charge is 0.407 e. The first-order valence-electron chi connectivity index (χ1n) is 7.09. The predicted octanol–water partition coefficient (Wildman–Crippen LogP) is 1.87. The van der Waals surface area contributed by atoms with Gasteiger partial charge in [0.25, 0.3) is 0 Å². The number of piperidine rings is 1. The number of ketones is 1. The summed E-state index contributed by atoms with van der Waals surface area (Å²) in [5, 5.41) is 12.8. The lowest BCUT2D eigenvalue weighted by atomic mass is 10.1. The number of amides is 1. The third-order valence-electron chi connectivity index (χ3n) is 3.92. The van der Waals surface area contributed by atoms with E-state index in [1.165, 1.54) is 16.2 Å². The second-order valence-electron chi connectivity index (χ2n) is 5.56. The topological polar surface area (TPSA) is 109 Å². The number of carbonyl (C=O) groups is 2. The van der Waals surface area contributed by atoms with Crippen LogP contribution in [0, 0.1) is 5.92 Å². The van der Waals surface area contributed by atoms with Crippen molar-refractivity contribution in [3.05, 3.63) is 4.88 Å². The average molecular weight is 310 g/mol. The minimum atomic E-state index is -0.871. The van der Waals surface area contributed by atoms with E-state index in [9.17, 15) is 9.59 Å². The number of carboxylic acid groups (broad SMARTS) is 1.